The van der Waals surface area contributed by atoms with Crippen molar-refractivity contribution in [3.8, 4) is 5.75 Å². The van der Waals surface area contributed by atoms with E-state index in [0.717, 1.165) is 11.4 Å². The first-order valence-electron chi connectivity index (χ1n) is 7.13. The molecule has 9 heteroatoms. The number of pyridine rings is 1. The second-order valence-electron chi connectivity index (χ2n) is 5.37. The van der Waals surface area contributed by atoms with Gasteiger partial charge < -0.3 is 9.30 Å². The maximum atomic E-state index is 12.5. The van der Waals surface area contributed by atoms with E-state index in [0.29, 0.717) is 32.0 Å². The van der Waals surface area contributed by atoms with Crippen molar-refractivity contribution in [3.63, 3.8) is 0 Å². The van der Waals surface area contributed by atoms with Gasteiger partial charge >= 0.3 is 6.18 Å². The van der Waals surface area contributed by atoms with Gasteiger partial charge in [0.1, 0.15) is 23.8 Å². The molecule has 0 fully saturated rings. The summed E-state index contributed by atoms with van der Waals surface area (Å²) in [4.78, 5) is 6.35. The molecule has 23 heavy (non-hydrogen) atoms. The number of rotatable bonds is 4. The number of nitrogens with zero attached hydrogens (tertiary/aromatic N) is 5. The number of ether oxygens (including phenoxy) is 1. The van der Waals surface area contributed by atoms with Crippen molar-refractivity contribution in [3.05, 3.63) is 35.7 Å². The van der Waals surface area contributed by atoms with E-state index in [9.17, 15) is 13.2 Å². The average Bonchev–Trinajstić information content (AvgIpc) is 2.88. The Kier molecular flexibility index (Phi) is 4.20. The van der Waals surface area contributed by atoms with Crippen LogP contribution in [0.2, 0.25) is 0 Å². The fourth-order valence-electron chi connectivity index (χ4n) is 2.61. The van der Waals surface area contributed by atoms with Crippen molar-refractivity contribution < 1.29 is 17.9 Å². The first-order valence-corrected chi connectivity index (χ1v) is 7.13. The van der Waals surface area contributed by atoms with Crippen LogP contribution in [-0.4, -0.2) is 44.5 Å². The van der Waals surface area contributed by atoms with E-state index in [1.807, 2.05) is 6.07 Å². The van der Waals surface area contributed by atoms with Gasteiger partial charge in [-0.2, -0.15) is 13.2 Å². The number of fused-ring (bicyclic) bond motifs is 1. The highest BCUT2D eigenvalue weighted by Crippen LogP contribution is 2.23. The molecule has 0 saturated carbocycles. The lowest BCUT2D eigenvalue weighted by Crippen LogP contribution is -2.34. The zero-order valence-corrected chi connectivity index (χ0v) is 12.5. The maximum absolute atomic E-state index is 12.5. The Morgan fingerprint density at radius 3 is 2.83 bits per heavy atom. The summed E-state index contributed by atoms with van der Waals surface area (Å²) in [5, 5.41) is 7.58. The Morgan fingerprint density at radius 2 is 2.09 bits per heavy atom. The van der Waals surface area contributed by atoms with Gasteiger partial charge in [0, 0.05) is 31.9 Å². The van der Waals surface area contributed by atoms with Gasteiger partial charge in [-0.3, -0.25) is 9.88 Å². The lowest BCUT2D eigenvalue weighted by molar-refractivity contribution is -0.129. The van der Waals surface area contributed by atoms with E-state index >= 15 is 0 Å². The summed E-state index contributed by atoms with van der Waals surface area (Å²) in [6.45, 7) is 2.09. The van der Waals surface area contributed by atoms with E-state index < -0.39 is 12.6 Å². The van der Waals surface area contributed by atoms with Gasteiger partial charge in [-0.1, -0.05) is 0 Å². The van der Waals surface area contributed by atoms with Crippen molar-refractivity contribution >= 4 is 0 Å². The SMILES string of the molecule is COc1ccnc(CN2CCn3c(nnc3CC(F)(F)F)C2)c1. The van der Waals surface area contributed by atoms with E-state index in [4.69, 9.17) is 4.74 Å². The molecule has 3 rings (SSSR count). The van der Waals surface area contributed by atoms with Crippen molar-refractivity contribution in [1.82, 2.24) is 24.6 Å². The van der Waals surface area contributed by atoms with Gasteiger partial charge in [-0.05, 0) is 6.07 Å². The van der Waals surface area contributed by atoms with Crippen LogP contribution in [0.15, 0.2) is 18.3 Å². The zero-order chi connectivity index (χ0) is 16.4. The van der Waals surface area contributed by atoms with E-state index in [1.165, 1.54) is 0 Å². The molecule has 3 heterocycles. The minimum absolute atomic E-state index is 0.0216. The normalized spacial score (nSPS) is 15.5. The van der Waals surface area contributed by atoms with Gasteiger partial charge in [0.2, 0.25) is 0 Å². The number of methoxy groups -OCH3 is 1. The third kappa shape index (κ3) is 3.79. The van der Waals surface area contributed by atoms with Crippen LogP contribution in [0, 0.1) is 0 Å². The largest absolute Gasteiger partial charge is 0.497 e. The Balaban J connectivity index is 1.69. The fourth-order valence-corrected chi connectivity index (χ4v) is 2.61. The zero-order valence-electron chi connectivity index (χ0n) is 12.5. The fraction of sp³-hybridized carbons (Fsp3) is 0.500. The molecule has 0 aliphatic carbocycles. The number of hydrogen-bond donors (Lipinski definition) is 0. The second kappa shape index (κ2) is 6.15. The molecule has 1 aliphatic rings. The molecule has 0 spiro atoms. The molecule has 2 aromatic heterocycles. The minimum Gasteiger partial charge on any atom is -0.497 e. The van der Waals surface area contributed by atoms with Crippen LogP contribution in [0.25, 0.3) is 0 Å². The number of aromatic nitrogens is 4. The number of hydrogen-bond acceptors (Lipinski definition) is 5. The molecule has 0 saturated heterocycles. The molecule has 0 aromatic carbocycles. The Labute approximate surface area is 130 Å². The predicted octanol–water partition coefficient (Wildman–Crippen LogP) is 1.80. The molecule has 124 valence electrons. The summed E-state index contributed by atoms with van der Waals surface area (Å²) in [6, 6.07) is 3.61. The standard InChI is InChI=1S/C14H16F3N5O/c1-23-11-2-3-18-10(6-11)8-21-4-5-22-12(7-14(15,16)17)19-20-13(22)9-21/h2-3,6H,4-5,7-9H2,1H3. The van der Waals surface area contributed by atoms with Crippen molar-refractivity contribution in [2.24, 2.45) is 0 Å². The van der Waals surface area contributed by atoms with Gasteiger partial charge in [0.25, 0.3) is 0 Å². The average molecular weight is 327 g/mol. The summed E-state index contributed by atoms with van der Waals surface area (Å²) < 4.78 is 44.3. The third-order valence-electron chi connectivity index (χ3n) is 3.68. The summed E-state index contributed by atoms with van der Waals surface area (Å²) >= 11 is 0. The summed E-state index contributed by atoms with van der Waals surface area (Å²) in [5.74, 6) is 1.26. The van der Waals surface area contributed by atoms with Crippen LogP contribution in [0.4, 0.5) is 13.2 Å². The van der Waals surface area contributed by atoms with Crippen LogP contribution in [0.5, 0.6) is 5.75 Å². The lowest BCUT2D eigenvalue weighted by atomic mass is 10.2. The molecule has 0 unspecified atom stereocenters. The van der Waals surface area contributed by atoms with Crippen molar-refractivity contribution in [2.75, 3.05) is 13.7 Å². The van der Waals surface area contributed by atoms with Crippen molar-refractivity contribution in [1.29, 1.82) is 0 Å². The lowest BCUT2D eigenvalue weighted by Gasteiger charge is -2.27. The van der Waals surface area contributed by atoms with Gasteiger partial charge in [0.15, 0.2) is 0 Å². The van der Waals surface area contributed by atoms with Crippen LogP contribution in [-0.2, 0) is 26.1 Å². The molecule has 0 atom stereocenters. The van der Waals surface area contributed by atoms with E-state index in [1.54, 1.807) is 23.9 Å². The maximum Gasteiger partial charge on any atom is 0.396 e. The van der Waals surface area contributed by atoms with E-state index in [-0.39, 0.29) is 5.82 Å². The topological polar surface area (TPSA) is 56.1 Å². The third-order valence-corrected chi connectivity index (χ3v) is 3.68. The molecular formula is C14H16F3N5O. The number of alkyl halides is 3. The van der Waals surface area contributed by atoms with Gasteiger partial charge in [-0.15, -0.1) is 10.2 Å². The summed E-state index contributed by atoms with van der Waals surface area (Å²) in [7, 11) is 1.59. The molecular weight excluding hydrogens is 311 g/mol. The second-order valence-corrected chi connectivity index (χ2v) is 5.37. The minimum atomic E-state index is -4.27. The Bertz CT molecular complexity index is 685. The predicted molar refractivity (Wildman–Crippen MR) is 74.7 cm³/mol. The van der Waals surface area contributed by atoms with Crippen LogP contribution >= 0.6 is 0 Å². The highest BCUT2D eigenvalue weighted by molar-refractivity contribution is 5.22. The van der Waals surface area contributed by atoms with Crippen LogP contribution < -0.4 is 4.74 Å². The Hall–Kier alpha value is -2.16. The first kappa shape index (κ1) is 15.7. The van der Waals surface area contributed by atoms with Crippen LogP contribution in [0.3, 0.4) is 0 Å². The quantitative estimate of drug-likeness (QED) is 0.857. The highest BCUT2D eigenvalue weighted by Gasteiger charge is 2.32. The van der Waals surface area contributed by atoms with Crippen molar-refractivity contribution in [2.45, 2.75) is 32.2 Å². The molecule has 6 nitrogen and oxygen atoms in total. The molecule has 0 radical (unpaired) electrons. The van der Waals surface area contributed by atoms with Gasteiger partial charge in [0.05, 0.1) is 19.3 Å². The summed E-state index contributed by atoms with van der Waals surface area (Å²) in [6.07, 6.45) is -3.65. The Morgan fingerprint density at radius 1 is 1.26 bits per heavy atom. The molecule has 0 amide bonds. The van der Waals surface area contributed by atoms with E-state index in [2.05, 4.69) is 20.1 Å². The van der Waals surface area contributed by atoms with Gasteiger partial charge in [-0.25, -0.2) is 0 Å². The first-order chi connectivity index (χ1) is 10.9. The number of halogens is 3. The monoisotopic (exact) mass is 327 g/mol. The highest BCUT2D eigenvalue weighted by atomic mass is 19.4. The molecule has 2 aromatic rings. The molecule has 1 aliphatic heterocycles. The summed E-state index contributed by atoms with van der Waals surface area (Å²) in [5.41, 5.74) is 0.841. The smallest absolute Gasteiger partial charge is 0.396 e. The van der Waals surface area contributed by atoms with Crippen LogP contribution in [0.1, 0.15) is 17.3 Å². The molecule has 0 N–H and O–H groups in total. The molecule has 0 bridgehead atoms.